The molecule has 1 fully saturated rings. The summed E-state index contributed by atoms with van der Waals surface area (Å²) in [6.45, 7) is 6.44. The zero-order valence-corrected chi connectivity index (χ0v) is 16.5. The largest absolute Gasteiger partial charge is 0.318 e. The van der Waals surface area contributed by atoms with E-state index in [4.69, 9.17) is 0 Å². The lowest BCUT2D eigenvalue weighted by molar-refractivity contribution is -0.133. The van der Waals surface area contributed by atoms with E-state index in [1.54, 1.807) is 23.1 Å². The molecule has 1 aliphatic heterocycles. The lowest BCUT2D eigenvalue weighted by Gasteiger charge is -2.27. The van der Waals surface area contributed by atoms with E-state index in [2.05, 4.69) is 10.6 Å². The van der Waals surface area contributed by atoms with E-state index in [0.29, 0.717) is 24.3 Å². The first-order chi connectivity index (χ1) is 13.3. The van der Waals surface area contributed by atoms with E-state index in [9.17, 15) is 14.4 Å². The summed E-state index contributed by atoms with van der Waals surface area (Å²) in [6.07, 6.45) is 2.40. The SMILES string of the molecule is Cc1cc(C)c(NC(=O)C(=O)Nc2cccc(N3CCCCC3=O)c2)c(C)c1. The van der Waals surface area contributed by atoms with Crippen molar-refractivity contribution in [3.63, 3.8) is 0 Å². The van der Waals surface area contributed by atoms with Gasteiger partial charge >= 0.3 is 11.8 Å². The van der Waals surface area contributed by atoms with Gasteiger partial charge in [-0.3, -0.25) is 14.4 Å². The summed E-state index contributed by atoms with van der Waals surface area (Å²) in [5.74, 6) is -1.39. The first kappa shape index (κ1) is 19.6. The van der Waals surface area contributed by atoms with Crippen LogP contribution in [0.5, 0.6) is 0 Å². The molecule has 6 heteroatoms. The van der Waals surface area contributed by atoms with Crippen molar-refractivity contribution < 1.29 is 14.4 Å². The molecule has 146 valence electrons. The van der Waals surface area contributed by atoms with Crippen LogP contribution in [0.25, 0.3) is 0 Å². The highest BCUT2D eigenvalue weighted by Crippen LogP contribution is 2.24. The smallest absolute Gasteiger partial charge is 0.314 e. The zero-order chi connectivity index (χ0) is 20.3. The summed E-state index contributed by atoms with van der Waals surface area (Å²) in [6, 6.07) is 10.9. The average Bonchev–Trinajstić information content (AvgIpc) is 2.65. The van der Waals surface area contributed by atoms with Crippen molar-refractivity contribution in [1.29, 1.82) is 0 Å². The van der Waals surface area contributed by atoms with Gasteiger partial charge < -0.3 is 15.5 Å². The highest BCUT2D eigenvalue weighted by molar-refractivity contribution is 6.43. The van der Waals surface area contributed by atoms with Crippen molar-refractivity contribution in [3.8, 4) is 0 Å². The molecule has 2 N–H and O–H groups in total. The van der Waals surface area contributed by atoms with Crippen molar-refractivity contribution in [3.05, 3.63) is 53.1 Å². The van der Waals surface area contributed by atoms with E-state index < -0.39 is 11.8 Å². The molecule has 2 aromatic rings. The van der Waals surface area contributed by atoms with Crippen molar-refractivity contribution in [1.82, 2.24) is 0 Å². The van der Waals surface area contributed by atoms with E-state index in [-0.39, 0.29) is 5.91 Å². The average molecular weight is 379 g/mol. The van der Waals surface area contributed by atoms with Gasteiger partial charge in [-0.05, 0) is 62.9 Å². The molecule has 0 unspecified atom stereocenters. The highest BCUT2D eigenvalue weighted by Gasteiger charge is 2.21. The van der Waals surface area contributed by atoms with Crippen molar-refractivity contribution in [2.45, 2.75) is 40.0 Å². The number of benzene rings is 2. The van der Waals surface area contributed by atoms with Gasteiger partial charge in [-0.15, -0.1) is 0 Å². The molecule has 0 aromatic heterocycles. The second-order valence-corrected chi connectivity index (χ2v) is 7.23. The molecule has 0 aliphatic carbocycles. The number of amides is 3. The Morgan fingerprint density at radius 3 is 2.29 bits per heavy atom. The molecule has 1 heterocycles. The van der Waals surface area contributed by atoms with E-state index in [0.717, 1.165) is 35.2 Å². The molecule has 28 heavy (non-hydrogen) atoms. The number of aryl methyl sites for hydroxylation is 3. The predicted octanol–water partition coefficient (Wildman–Crippen LogP) is 3.71. The van der Waals surface area contributed by atoms with Crippen LogP contribution in [0.2, 0.25) is 0 Å². The van der Waals surface area contributed by atoms with Gasteiger partial charge in [0.2, 0.25) is 5.91 Å². The number of rotatable bonds is 3. The monoisotopic (exact) mass is 379 g/mol. The van der Waals surface area contributed by atoms with Crippen LogP contribution in [-0.4, -0.2) is 24.3 Å². The third-order valence-electron chi connectivity index (χ3n) is 4.86. The summed E-state index contributed by atoms with van der Waals surface area (Å²) in [5, 5.41) is 5.31. The molecule has 0 bridgehead atoms. The number of hydrogen-bond acceptors (Lipinski definition) is 3. The summed E-state index contributed by atoms with van der Waals surface area (Å²) >= 11 is 0. The Hall–Kier alpha value is -3.15. The van der Waals surface area contributed by atoms with Crippen molar-refractivity contribution in [2.24, 2.45) is 0 Å². The molecule has 6 nitrogen and oxygen atoms in total. The molecule has 1 aliphatic rings. The van der Waals surface area contributed by atoms with Gasteiger partial charge in [0.25, 0.3) is 0 Å². The Labute approximate surface area is 164 Å². The third kappa shape index (κ3) is 4.39. The quantitative estimate of drug-likeness (QED) is 0.798. The highest BCUT2D eigenvalue weighted by atomic mass is 16.2. The van der Waals surface area contributed by atoms with Gasteiger partial charge in [0.15, 0.2) is 0 Å². The van der Waals surface area contributed by atoms with E-state index in [1.807, 2.05) is 39.0 Å². The first-order valence-electron chi connectivity index (χ1n) is 9.46. The first-order valence-corrected chi connectivity index (χ1v) is 9.46. The summed E-state index contributed by atoms with van der Waals surface area (Å²) in [4.78, 5) is 38.5. The normalized spacial score (nSPS) is 14.0. The summed E-state index contributed by atoms with van der Waals surface area (Å²) < 4.78 is 0. The molecule has 2 aromatic carbocycles. The number of carbonyl (C=O) groups excluding carboxylic acids is 3. The molecule has 0 radical (unpaired) electrons. The number of nitrogens with one attached hydrogen (secondary N) is 2. The molecular formula is C22H25N3O3. The minimum Gasteiger partial charge on any atom is -0.318 e. The van der Waals surface area contributed by atoms with Gasteiger partial charge in [0.05, 0.1) is 0 Å². The standard InChI is InChI=1S/C22H25N3O3/c1-14-11-15(2)20(16(3)12-14)24-22(28)21(27)23-17-7-6-8-18(13-17)25-10-5-4-9-19(25)26/h6-8,11-13H,4-5,9-10H2,1-3H3,(H,23,27)(H,24,28). The van der Waals surface area contributed by atoms with Crippen LogP contribution in [0, 0.1) is 20.8 Å². The topological polar surface area (TPSA) is 78.5 Å². The maximum atomic E-state index is 12.4. The Balaban J connectivity index is 1.70. The molecule has 0 spiro atoms. The number of nitrogens with zero attached hydrogens (tertiary/aromatic N) is 1. The molecular weight excluding hydrogens is 354 g/mol. The molecule has 3 amide bonds. The maximum Gasteiger partial charge on any atom is 0.314 e. The fourth-order valence-electron chi connectivity index (χ4n) is 3.57. The Kier molecular flexibility index (Phi) is 5.78. The van der Waals surface area contributed by atoms with E-state index in [1.165, 1.54) is 0 Å². The number of carbonyl (C=O) groups is 3. The number of anilines is 3. The van der Waals surface area contributed by atoms with Crippen LogP contribution < -0.4 is 15.5 Å². The molecule has 3 rings (SSSR count). The minimum atomic E-state index is -0.749. The lowest BCUT2D eigenvalue weighted by atomic mass is 10.1. The number of hydrogen-bond donors (Lipinski definition) is 2. The van der Waals surface area contributed by atoms with Crippen LogP contribution in [0.4, 0.5) is 17.1 Å². The second kappa shape index (κ2) is 8.25. The predicted molar refractivity (Wildman–Crippen MR) is 111 cm³/mol. The second-order valence-electron chi connectivity index (χ2n) is 7.23. The summed E-state index contributed by atoms with van der Waals surface area (Å²) in [7, 11) is 0. The van der Waals surface area contributed by atoms with Gasteiger partial charge in [0.1, 0.15) is 0 Å². The van der Waals surface area contributed by atoms with Crippen molar-refractivity contribution >= 4 is 34.8 Å². The lowest BCUT2D eigenvalue weighted by Crippen LogP contribution is -2.35. The van der Waals surface area contributed by atoms with E-state index >= 15 is 0 Å². The Morgan fingerprint density at radius 2 is 1.61 bits per heavy atom. The van der Waals surface area contributed by atoms with Crippen LogP contribution in [-0.2, 0) is 14.4 Å². The van der Waals surface area contributed by atoms with Gasteiger partial charge in [-0.2, -0.15) is 0 Å². The summed E-state index contributed by atoms with van der Waals surface area (Å²) in [5.41, 5.74) is 4.77. The van der Waals surface area contributed by atoms with Crippen molar-refractivity contribution in [2.75, 3.05) is 22.1 Å². The molecule has 0 atom stereocenters. The van der Waals surface area contributed by atoms with Crippen LogP contribution in [0.1, 0.15) is 36.0 Å². The third-order valence-corrected chi connectivity index (χ3v) is 4.86. The number of piperidine rings is 1. The fourth-order valence-corrected chi connectivity index (χ4v) is 3.57. The fraction of sp³-hybridized carbons (Fsp3) is 0.318. The van der Waals surface area contributed by atoms with Crippen LogP contribution >= 0.6 is 0 Å². The van der Waals surface area contributed by atoms with Gasteiger partial charge in [-0.1, -0.05) is 23.8 Å². The minimum absolute atomic E-state index is 0.0813. The van der Waals surface area contributed by atoms with Gasteiger partial charge in [-0.25, -0.2) is 0 Å². The van der Waals surface area contributed by atoms with Crippen LogP contribution in [0.3, 0.4) is 0 Å². The Morgan fingerprint density at radius 1 is 0.929 bits per heavy atom. The molecule has 0 saturated carbocycles. The van der Waals surface area contributed by atoms with Gasteiger partial charge in [0, 0.05) is 30.0 Å². The Bertz CT molecular complexity index is 913. The molecule has 1 saturated heterocycles. The van der Waals surface area contributed by atoms with Crippen LogP contribution in [0.15, 0.2) is 36.4 Å². The maximum absolute atomic E-state index is 12.4. The zero-order valence-electron chi connectivity index (χ0n) is 16.5.